The van der Waals surface area contributed by atoms with Gasteiger partial charge in [0.1, 0.15) is 11.5 Å². The van der Waals surface area contributed by atoms with Gasteiger partial charge in [-0.2, -0.15) is 0 Å². The van der Waals surface area contributed by atoms with Gasteiger partial charge >= 0.3 is 0 Å². The maximum absolute atomic E-state index is 13.2. The summed E-state index contributed by atoms with van der Waals surface area (Å²) in [6.07, 6.45) is 0.872. The van der Waals surface area contributed by atoms with Crippen molar-refractivity contribution < 1.29 is 17.9 Å². The first-order valence-corrected chi connectivity index (χ1v) is 5.13. The van der Waals surface area contributed by atoms with Crippen LogP contribution in [0.4, 0.5) is 18.9 Å². The third-order valence-corrected chi connectivity index (χ3v) is 2.60. The SMILES string of the molecule is Fc1cc(F)c(NCC2CCOC2)c(F)c1. The van der Waals surface area contributed by atoms with Crippen molar-refractivity contribution in [2.45, 2.75) is 6.42 Å². The molecule has 88 valence electrons. The molecule has 1 fully saturated rings. The van der Waals surface area contributed by atoms with E-state index < -0.39 is 17.5 Å². The maximum Gasteiger partial charge on any atom is 0.152 e. The van der Waals surface area contributed by atoms with E-state index in [0.717, 1.165) is 6.42 Å². The van der Waals surface area contributed by atoms with Gasteiger partial charge in [0.25, 0.3) is 0 Å². The van der Waals surface area contributed by atoms with Crippen LogP contribution in [0, 0.1) is 23.4 Å². The number of ether oxygens (including phenoxy) is 1. The van der Waals surface area contributed by atoms with Crippen LogP contribution >= 0.6 is 0 Å². The van der Waals surface area contributed by atoms with Crippen molar-refractivity contribution in [1.29, 1.82) is 0 Å². The Balaban J connectivity index is 2.03. The van der Waals surface area contributed by atoms with Gasteiger partial charge in [0.15, 0.2) is 11.6 Å². The molecule has 1 saturated heterocycles. The summed E-state index contributed by atoms with van der Waals surface area (Å²) in [7, 11) is 0. The lowest BCUT2D eigenvalue weighted by Crippen LogP contribution is -2.15. The summed E-state index contributed by atoms with van der Waals surface area (Å²) in [4.78, 5) is 0. The molecule has 1 heterocycles. The fraction of sp³-hybridized carbons (Fsp3) is 0.455. The number of benzene rings is 1. The van der Waals surface area contributed by atoms with E-state index in [-0.39, 0.29) is 11.6 Å². The Morgan fingerprint density at radius 2 is 1.94 bits per heavy atom. The minimum absolute atomic E-state index is 0.254. The average Bonchev–Trinajstić information content (AvgIpc) is 2.68. The Kier molecular flexibility index (Phi) is 3.33. The minimum Gasteiger partial charge on any atom is -0.381 e. The second-order valence-corrected chi connectivity index (χ2v) is 3.85. The molecule has 2 rings (SSSR count). The largest absolute Gasteiger partial charge is 0.381 e. The van der Waals surface area contributed by atoms with Crippen LogP contribution in [0.25, 0.3) is 0 Å². The molecule has 1 aliphatic rings. The highest BCUT2D eigenvalue weighted by molar-refractivity contribution is 5.46. The summed E-state index contributed by atoms with van der Waals surface area (Å²) in [6, 6.07) is 1.33. The summed E-state index contributed by atoms with van der Waals surface area (Å²) in [6.45, 7) is 1.71. The van der Waals surface area contributed by atoms with E-state index in [1.807, 2.05) is 0 Å². The predicted octanol–water partition coefficient (Wildman–Crippen LogP) is 2.55. The molecule has 0 aromatic heterocycles. The molecule has 2 nitrogen and oxygen atoms in total. The first-order chi connectivity index (χ1) is 7.66. The molecule has 1 aliphatic heterocycles. The summed E-state index contributed by atoms with van der Waals surface area (Å²) < 4.78 is 44.2. The molecule has 1 aromatic carbocycles. The van der Waals surface area contributed by atoms with E-state index >= 15 is 0 Å². The fourth-order valence-electron chi connectivity index (χ4n) is 1.70. The molecule has 1 N–H and O–H groups in total. The van der Waals surface area contributed by atoms with E-state index in [1.54, 1.807) is 0 Å². The summed E-state index contributed by atoms with van der Waals surface area (Å²) in [5, 5.41) is 2.65. The van der Waals surface area contributed by atoms with Crippen molar-refractivity contribution in [3.63, 3.8) is 0 Å². The molecule has 1 aromatic rings. The van der Waals surface area contributed by atoms with Gasteiger partial charge in [-0.3, -0.25) is 0 Å². The highest BCUT2D eigenvalue weighted by Gasteiger charge is 2.17. The number of rotatable bonds is 3. The molecular weight excluding hydrogens is 219 g/mol. The van der Waals surface area contributed by atoms with Crippen LogP contribution in [0.5, 0.6) is 0 Å². The number of anilines is 1. The van der Waals surface area contributed by atoms with Crippen LogP contribution in [0.1, 0.15) is 6.42 Å². The number of hydrogen-bond acceptors (Lipinski definition) is 2. The number of hydrogen-bond donors (Lipinski definition) is 1. The van der Waals surface area contributed by atoms with Gasteiger partial charge in [-0.05, 0) is 6.42 Å². The molecule has 1 unspecified atom stereocenters. The molecule has 16 heavy (non-hydrogen) atoms. The standard InChI is InChI=1S/C11H12F3NO/c12-8-3-9(13)11(10(14)4-8)15-5-7-1-2-16-6-7/h3-4,7,15H,1-2,5-6H2. The minimum atomic E-state index is -0.912. The molecule has 0 spiro atoms. The van der Waals surface area contributed by atoms with Crippen LogP contribution in [-0.2, 0) is 4.74 Å². The number of halogens is 3. The van der Waals surface area contributed by atoms with Crippen molar-refractivity contribution in [2.24, 2.45) is 5.92 Å². The van der Waals surface area contributed by atoms with Gasteiger partial charge in [0, 0.05) is 31.2 Å². The molecule has 5 heteroatoms. The van der Waals surface area contributed by atoms with Gasteiger partial charge in [-0.1, -0.05) is 0 Å². The fourth-order valence-corrected chi connectivity index (χ4v) is 1.70. The molecular formula is C11H12F3NO. The Hall–Kier alpha value is -1.23. The summed E-state index contributed by atoms with van der Waals surface area (Å²) in [5.41, 5.74) is -0.270. The second-order valence-electron chi connectivity index (χ2n) is 3.85. The third kappa shape index (κ3) is 2.47. The zero-order valence-electron chi connectivity index (χ0n) is 8.60. The maximum atomic E-state index is 13.2. The van der Waals surface area contributed by atoms with Crippen LogP contribution in [0.15, 0.2) is 12.1 Å². The van der Waals surface area contributed by atoms with Crippen LogP contribution in [0.2, 0.25) is 0 Å². The summed E-state index contributed by atoms with van der Waals surface area (Å²) >= 11 is 0. The van der Waals surface area contributed by atoms with Gasteiger partial charge in [-0.25, -0.2) is 13.2 Å². The quantitative estimate of drug-likeness (QED) is 0.863. The van der Waals surface area contributed by atoms with E-state index in [2.05, 4.69) is 5.32 Å². The van der Waals surface area contributed by atoms with E-state index in [1.165, 1.54) is 0 Å². The van der Waals surface area contributed by atoms with Crippen molar-refractivity contribution in [2.75, 3.05) is 25.1 Å². The molecule has 0 bridgehead atoms. The third-order valence-electron chi connectivity index (χ3n) is 2.60. The molecule has 0 aliphatic carbocycles. The van der Waals surface area contributed by atoms with Gasteiger partial charge in [-0.15, -0.1) is 0 Å². The highest BCUT2D eigenvalue weighted by Crippen LogP contribution is 2.21. The normalized spacial score (nSPS) is 20.1. The first-order valence-electron chi connectivity index (χ1n) is 5.13. The smallest absolute Gasteiger partial charge is 0.152 e. The van der Waals surface area contributed by atoms with E-state index in [4.69, 9.17) is 4.74 Å². The van der Waals surface area contributed by atoms with Crippen molar-refractivity contribution >= 4 is 5.69 Å². The first kappa shape index (κ1) is 11.3. The molecule has 0 amide bonds. The molecule has 1 atom stereocenters. The molecule has 0 saturated carbocycles. The monoisotopic (exact) mass is 231 g/mol. The van der Waals surface area contributed by atoms with Crippen LogP contribution in [0.3, 0.4) is 0 Å². The zero-order valence-corrected chi connectivity index (χ0v) is 8.60. The lowest BCUT2D eigenvalue weighted by Gasteiger charge is -2.12. The highest BCUT2D eigenvalue weighted by atomic mass is 19.1. The second kappa shape index (κ2) is 4.74. The van der Waals surface area contributed by atoms with Crippen molar-refractivity contribution in [1.82, 2.24) is 0 Å². The Morgan fingerprint density at radius 1 is 1.25 bits per heavy atom. The van der Waals surface area contributed by atoms with Gasteiger partial charge in [0.05, 0.1) is 6.61 Å². The summed E-state index contributed by atoms with van der Waals surface area (Å²) in [5.74, 6) is -2.47. The Bertz CT molecular complexity index is 354. The number of nitrogens with one attached hydrogen (secondary N) is 1. The topological polar surface area (TPSA) is 21.3 Å². The van der Waals surface area contributed by atoms with Gasteiger partial charge < -0.3 is 10.1 Å². The van der Waals surface area contributed by atoms with E-state index in [0.29, 0.717) is 31.9 Å². The average molecular weight is 231 g/mol. The van der Waals surface area contributed by atoms with Crippen LogP contribution < -0.4 is 5.32 Å². The van der Waals surface area contributed by atoms with Crippen molar-refractivity contribution in [3.8, 4) is 0 Å². The van der Waals surface area contributed by atoms with E-state index in [9.17, 15) is 13.2 Å². The Morgan fingerprint density at radius 3 is 2.50 bits per heavy atom. The lowest BCUT2D eigenvalue weighted by molar-refractivity contribution is 0.187. The molecule has 0 radical (unpaired) electrons. The predicted molar refractivity (Wildman–Crippen MR) is 53.7 cm³/mol. The van der Waals surface area contributed by atoms with Gasteiger partial charge in [0.2, 0.25) is 0 Å². The van der Waals surface area contributed by atoms with Crippen LogP contribution in [-0.4, -0.2) is 19.8 Å². The van der Waals surface area contributed by atoms with Crippen molar-refractivity contribution in [3.05, 3.63) is 29.6 Å². The Labute approximate surface area is 91.4 Å². The zero-order chi connectivity index (χ0) is 11.5. The lowest BCUT2D eigenvalue weighted by atomic mass is 10.1.